The number of halogens is 1. The van der Waals surface area contributed by atoms with Crippen LogP contribution in [0.4, 0.5) is 0 Å². The highest BCUT2D eigenvalue weighted by Crippen LogP contribution is 2.21. The third-order valence-corrected chi connectivity index (χ3v) is 1.93. The summed E-state index contributed by atoms with van der Waals surface area (Å²) in [4.78, 5) is 0. The van der Waals surface area contributed by atoms with E-state index in [0.29, 0.717) is 12.2 Å². The second-order valence-corrected chi connectivity index (χ2v) is 3.55. The molecule has 0 spiro atoms. The second-order valence-electron chi connectivity index (χ2n) is 2.64. The fourth-order valence-corrected chi connectivity index (χ4v) is 1.40. The molecule has 0 fully saturated rings. The lowest BCUT2D eigenvalue weighted by Gasteiger charge is -2.04. The van der Waals surface area contributed by atoms with Gasteiger partial charge in [-0.15, -0.1) is 0 Å². The van der Waals surface area contributed by atoms with Gasteiger partial charge in [0.05, 0.1) is 18.2 Å². The fraction of sp³-hybridized carbons (Fsp3) is 0.300. The van der Waals surface area contributed by atoms with E-state index in [0.717, 1.165) is 16.6 Å². The normalized spacial score (nSPS) is 9.31. The lowest BCUT2D eigenvalue weighted by atomic mass is 10.2. The van der Waals surface area contributed by atoms with Crippen molar-refractivity contribution in [2.45, 2.75) is 13.3 Å². The summed E-state index contributed by atoms with van der Waals surface area (Å²) >= 11 is 3.31. The van der Waals surface area contributed by atoms with E-state index in [1.165, 1.54) is 0 Å². The molecule has 3 heteroatoms. The van der Waals surface area contributed by atoms with Crippen LogP contribution < -0.4 is 4.74 Å². The van der Waals surface area contributed by atoms with E-state index in [4.69, 9.17) is 10.00 Å². The van der Waals surface area contributed by atoms with Gasteiger partial charge in [0.15, 0.2) is 0 Å². The van der Waals surface area contributed by atoms with Gasteiger partial charge < -0.3 is 4.74 Å². The van der Waals surface area contributed by atoms with Gasteiger partial charge in [0.2, 0.25) is 0 Å². The predicted octanol–water partition coefficient (Wildman–Crippen LogP) is 3.11. The van der Waals surface area contributed by atoms with Crippen molar-refractivity contribution in [3.05, 3.63) is 28.2 Å². The van der Waals surface area contributed by atoms with E-state index in [2.05, 4.69) is 22.0 Å². The largest absolute Gasteiger partial charge is 0.494 e. The molecule has 0 heterocycles. The molecule has 0 atom stereocenters. The van der Waals surface area contributed by atoms with Crippen molar-refractivity contribution in [2.75, 3.05) is 6.61 Å². The quantitative estimate of drug-likeness (QED) is 0.813. The van der Waals surface area contributed by atoms with Crippen LogP contribution >= 0.6 is 15.9 Å². The molecule has 1 aromatic carbocycles. The first-order valence-corrected chi connectivity index (χ1v) is 4.89. The van der Waals surface area contributed by atoms with E-state index < -0.39 is 0 Å². The summed E-state index contributed by atoms with van der Waals surface area (Å²) in [5, 5.41) is 8.69. The summed E-state index contributed by atoms with van der Waals surface area (Å²) in [5.74, 6) is 0.743. The Labute approximate surface area is 86.3 Å². The molecule has 2 nitrogen and oxygen atoms in total. The van der Waals surface area contributed by atoms with E-state index in [1.807, 2.05) is 13.0 Å². The zero-order chi connectivity index (χ0) is 9.68. The van der Waals surface area contributed by atoms with Gasteiger partial charge in [0, 0.05) is 4.47 Å². The van der Waals surface area contributed by atoms with Gasteiger partial charge in [-0.25, -0.2) is 0 Å². The maximum Gasteiger partial charge on any atom is 0.121 e. The highest BCUT2D eigenvalue weighted by atomic mass is 79.9. The smallest absolute Gasteiger partial charge is 0.121 e. The summed E-state index contributed by atoms with van der Waals surface area (Å²) in [6, 6.07) is 7.43. The van der Waals surface area contributed by atoms with Crippen molar-refractivity contribution < 1.29 is 4.74 Å². The number of benzene rings is 1. The first-order chi connectivity index (χ1) is 6.26. The fourth-order valence-electron chi connectivity index (χ4n) is 0.931. The van der Waals surface area contributed by atoms with Crippen LogP contribution in [-0.4, -0.2) is 6.61 Å². The van der Waals surface area contributed by atoms with Crippen LogP contribution in [0.15, 0.2) is 22.7 Å². The molecule has 0 aliphatic heterocycles. The summed E-state index contributed by atoms with van der Waals surface area (Å²) in [7, 11) is 0. The second kappa shape index (κ2) is 4.88. The van der Waals surface area contributed by atoms with Gasteiger partial charge in [-0.1, -0.05) is 22.9 Å². The number of hydrogen-bond acceptors (Lipinski definition) is 2. The van der Waals surface area contributed by atoms with Crippen molar-refractivity contribution in [2.24, 2.45) is 0 Å². The maximum atomic E-state index is 8.69. The SMILES string of the molecule is CCCOc1cc(Br)cc(C#N)c1. The summed E-state index contributed by atoms with van der Waals surface area (Å²) in [5.41, 5.74) is 0.612. The Kier molecular flexibility index (Phi) is 3.78. The molecule has 1 aromatic rings. The van der Waals surface area contributed by atoms with Crippen molar-refractivity contribution in [3.63, 3.8) is 0 Å². The van der Waals surface area contributed by atoms with Gasteiger partial charge >= 0.3 is 0 Å². The van der Waals surface area contributed by atoms with Gasteiger partial charge in [-0.2, -0.15) is 5.26 Å². The maximum absolute atomic E-state index is 8.69. The zero-order valence-corrected chi connectivity index (χ0v) is 8.97. The van der Waals surface area contributed by atoms with E-state index in [9.17, 15) is 0 Å². The Bertz CT molecular complexity index is 330. The zero-order valence-electron chi connectivity index (χ0n) is 7.38. The van der Waals surface area contributed by atoms with Gasteiger partial charge in [-0.05, 0) is 24.6 Å². The molecule has 0 saturated heterocycles. The molecule has 0 unspecified atom stereocenters. The molecule has 13 heavy (non-hydrogen) atoms. The topological polar surface area (TPSA) is 33.0 Å². The number of nitriles is 1. The third-order valence-electron chi connectivity index (χ3n) is 1.47. The summed E-state index contributed by atoms with van der Waals surface area (Å²) in [6.45, 7) is 2.73. The van der Waals surface area contributed by atoms with Crippen LogP contribution in [0.1, 0.15) is 18.9 Å². The monoisotopic (exact) mass is 239 g/mol. The van der Waals surface area contributed by atoms with Crippen molar-refractivity contribution in [1.82, 2.24) is 0 Å². The predicted molar refractivity (Wildman–Crippen MR) is 54.6 cm³/mol. The molecule has 0 aromatic heterocycles. The van der Waals surface area contributed by atoms with Gasteiger partial charge in [0.25, 0.3) is 0 Å². The van der Waals surface area contributed by atoms with Crippen LogP contribution in [0, 0.1) is 11.3 Å². The molecule has 0 saturated carbocycles. The highest BCUT2D eigenvalue weighted by Gasteiger charge is 1.98. The lowest BCUT2D eigenvalue weighted by molar-refractivity contribution is 0.317. The molecule has 0 radical (unpaired) electrons. The minimum atomic E-state index is 0.612. The summed E-state index contributed by atoms with van der Waals surface area (Å²) < 4.78 is 6.27. The molecule has 0 amide bonds. The standard InChI is InChI=1S/C10H10BrNO/c1-2-3-13-10-5-8(7-12)4-9(11)6-10/h4-6H,2-3H2,1H3. The number of nitrogens with zero attached hydrogens (tertiary/aromatic N) is 1. The van der Waals surface area contributed by atoms with E-state index in [-0.39, 0.29) is 0 Å². The highest BCUT2D eigenvalue weighted by molar-refractivity contribution is 9.10. The first kappa shape index (κ1) is 10.1. The van der Waals surface area contributed by atoms with Crippen LogP contribution in [0.2, 0.25) is 0 Å². The Morgan fingerprint density at radius 1 is 1.46 bits per heavy atom. The molecule has 0 N–H and O–H groups in total. The Morgan fingerprint density at radius 3 is 2.85 bits per heavy atom. The molecule has 0 aliphatic rings. The van der Waals surface area contributed by atoms with Gasteiger partial charge in [0.1, 0.15) is 5.75 Å². The van der Waals surface area contributed by atoms with Gasteiger partial charge in [-0.3, -0.25) is 0 Å². The van der Waals surface area contributed by atoms with Crippen molar-refractivity contribution >= 4 is 15.9 Å². The molecule has 68 valence electrons. The summed E-state index contributed by atoms with van der Waals surface area (Å²) in [6.07, 6.45) is 0.967. The molecular weight excluding hydrogens is 230 g/mol. The lowest BCUT2D eigenvalue weighted by Crippen LogP contribution is -1.95. The van der Waals surface area contributed by atoms with Crippen molar-refractivity contribution in [1.29, 1.82) is 5.26 Å². The number of rotatable bonds is 3. The molecule has 1 rings (SSSR count). The van der Waals surface area contributed by atoms with E-state index >= 15 is 0 Å². The van der Waals surface area contributed by atoms with Crippen LogP contribution in [0.3, 0.4) is 0 Å². The number of ether oxygens (including phenoxy) is 1. The number of hydrogen-bond donors (Lipinski definition) is 0. The first-order valence-electron chi connectivity index (χ1n) is 4.09. The minimum Gasteiger partial charge on any atom is -0.494 e. The molecule has 0 aliphatic carbocycles. The van der Waals surface area contributed by atoms with Crippen molar-refractivity contribution in [3.8, 4) is 11.8 Å². The Morgan fingerprint density at radius 2 is 2.23 bits per heavy atom. The molecule has 0 bridgehead atoms. The Hall–Kier alpha value is -1.01. The van der Waals surface area contributed by atoms with Crippen LogP contribution in [0.5, 0.6) is 5.75 Å². The van der Waals surface area contributed by atoms with Crippen LogP contribution in [0.25, 0.3) is 0 Å². The minimum absolute atomic E-state index is 0.612. The Balaban J connectivity index is 2.83. The third kappa shape index (κ3) is 3.08. The van der Waals surface area contributed by atoms with E-state index in [1.54, 1.807) is 12.1 Å². The molecular formula is C10H10BrNO. The van der Waals surface area contributed by atoms with Crippen LogP contribution in [-0.2, 0) is 0 Å². The average Bonchev–Trinajstić information content (AvgIpc) is 2.14. The average molecular weight is 240 g/mol.